The maximum atomic E-state index is 9.68. The molecule has 0 unspecified atom stereocenters. The fourth-order valence-corrected chi connectivity index (χ4v) is 1.44. The van der Waals surface area contributed by atoms with Gasteiger partial charge >= 0.3 is 0 Å². The summed E-state index contributed by atoms with van der Waals surface area (Å²) in [4.78, 5) is 0. The molecule has 0 aliphatic heterocycles. The van der Waals surface area contributed by atoms with Crippen molar-refractivity contribution in [3.63, 3.8) is 0 Å². The standard InChI is InChI=1S/C11H14O2/c1-13-10-4-2-9(3-5-10)8-11(12)6-7-11/h2-5,12H,6-8H2,1H3. The van der Waals surface area contributed by atoms with Crippen molar-refractivity contribution in [3.05, 3.63) is 29.8 Å². The first-order chi connectivity index (χ1) is 6.22. The van der Waals surface area contributed by atoms with E-state index in [0.29, 0.717) is 0 Å². The molecule has 13 heavy (non-hydrogen) atoms. The third-order valence-electron chi connectivity index (χ3n) is 2.52. The predicted molar refractivity (Wildman–Crippen MR) is 50.9 cm³/mol. The summed E-state index contributed by atoms with van der Waals surface area (Å²) in [5.74, 6) is 0.867. The fraction of sp³-hybridized carbons (Fsp3) is 0.455. The quantitative estimate of drug-likeness (QED) is 0.764. The lowest BCUT2D eigenvalue weighted by molar-refractivity contribution is 0.151. The van der Waals surface area contributed by atoms with Crippen LogP contribution in [0.4, 0.5) is 0 Å². The van der Waals surface area contributed by atoms with E-state index in [-0.39, 0.29) is 0 Å². The van der Waals surface area contributed by atoms with Gasteiger partial charge in [0, 0.05) is 6.42 Å². The Bertz CT molecular complexity index is 285. The van der Waals surface area contributed by atoms with Crippen LogP contribution in [-0.4, -0.2) is 17.8 Å². The molecule has 2 nitrogen and oxygen atoms in total. The third-order valence-corrected chi connectivity index (χ3v) is 2.52. The van der Waals surface area contributed by atoms with E-state index < -0.39 is 5.60 Å². The van der Waals surface area contributed by atoms with Crippen LogP contribution in [-0.2, 0) is 6.42 Å². The molecule has 1 aromatic carbocycles. The van der Waals surface area contributed by atoms with Crippen LogP contribution in [0.3, 0.4) is 0 Å². The second kappa shape index (κ2) is 3.04. The molecule has 2 heteroatoms. The first-order valence-corrected chi connectivity index (χ1v) is 4.57. The van der Waals surface area contributed by atoms with Crippen LogP contribution in [0.1, 0.15) is 18.4 Å². The minimum atomic E-state index is -0.394. The summed E-state index contributed by atoms with van der Waals surface area (Å²) in [5.41, 5.74) is 0.787. The molecule has 0 aromatic heterocycles. The zero-order valence-corrected chi connectivity index (χ0v) is 7.79. The number of methoxy groups -OCH3 is 1. The number of hydrogen-bond acceptors (Lipinski definition) is 2. The van der Waals surface area contributed by atoms with Crippen LogP contribution in [0.2, 0.25) is 0 Å². The maximum Gasteiger partial charge on any atom is 0.118 e. The van der Waals surface area contributed by atoms with Crippen molar-refractivity contribution in [1.29, 1.82) is 0 Å². The minimum Gasteiger partial charge on any atom is -0.497 e. The summed E-state index contributed by atoms with van der Waals surface area (Å²) in [7, 11) is 1.66. The van der Waals surface area contributed by atoms with Crippen molar-refractivity contribution in [1.82, 2.24) is 0 Å². The van der Waals surface area contributed by atoms with E-state index in [4.69, 9.17) is 4.74 Å². The zero-order valence-electron chi connectivity index (χ0n) is 7.79. The molecule has 1 N–H and O–H groups in total. The van der Waals surface area contributed by atoms with Crippen molar-refractivity contribution in [2.24, 2.45) is 0 Å². The second-order valence-corrected chi connectivity index (χ2v) is 3.75. The molecule has 0 spiro atoms. The molecular formula is C11H14O2. The van der Waals surface area contributed by atoms with Crippen LogP contribution < -0.4 is 4.74 Å². The van der Waals surface area contributed by atoms with Gasteiger partial charge in [0.1, 0.15) is 5.75 Å². The number of rotatable bonds is 3. The summed E-state index contributed by atoms with van der Waals surface area (Å²) in [6.07, 6.45) is 2.66. The van der Waals surface area contributed by atoms with Crippen molar-refractivity contribution in [2.45, 2.75) is 24.9 Å². The molecule has 0 heterocycles. The van der Waals surface area contributed by atoms with E-state index in [1.807, 2.05) is 24.3 Å². The van der Waals surface area contributed by atoms with Gasteiger partial charge in [0.15, 0.2) is 0 Å². The van der Waals surface area contributed by atoms with Gasteiger partial charge in [-0.25, -0.2) is 0 Å². The van der Waals surface area contributed by atoms with Gasteiger partial charge in [-0.3, -0.25) is 0 Å². The SMILES string of the molecule is COc1ccc(CC2(O)CC2)cc1. The number of benzene rings is 1. The average molecular weight is 178 g/mol. The van der Waals surface area contributed by atoms with E-state index in [1.165, 1.54) is 5.56 Å². The van der Waals surface area contributed by atoms with Crippen molar-refractivity contribution in [2.75, 3.05) is 7.11 Å². The zero-order chi connectivity index (χ0) is 9.31. The molecule has 1 aliphatic carbocycles. The van der Waals surface area contributed by atoms with Crippen molar-refractivity contribution in [3.8, 4) is 5.75 Å². The lowest BCUT2D eigenvalue weighted by atomic mass is 10.1. The molecule has 1 aliphatic rings. The van der Waals surface area contributed by atoms with E-state index in [9.17, 15) is 5.11 Å². The van der Waals surface area contributed by atoms with Crippen LogP contribution in [0.25, 0.3) is 0 Å². The van der Waals surface area contributed by atoms with E-state index in [0.717, 1.165) is 25.0 Å². The van der Waals surface area contributed by atoms with Gasteiger partial charge in [-0.05, 0) is 30.5 Å². The van der Waals surface area contributed by atoms with E-state index in [2.05, 4.69) is 0 Å². The Balaban J connectivity index is 2.05. The molecule has 2 rings (SSSR count). The highest BCUT2D eigenvalue weighted by atomic mass is 16.5. The van der Waals surface area contributed by atoms with Crippen LogP contribution in [0.5, 0.6) is 5.75 Å². The molecule has 0 saturated heterocycles. The second-order valence-electron chi connectivity index (χ2n) is 3.75. The molecular weight excluding hydrogens is 164 g/mol. The summed E-state index contributed by atoms with van der Waals surface area (Å²) >= 11 is 0. The van der Waals surface area contributed by atoms with E-state index >= 15 is 0 Å². The Labute approximate surface area is 78.2 Å². The van der Waals surface area contributed by atoms with E-state index in [1.54, 1.807) is 7.11 Å². The highest BCUT2D eigenvalue weighted by Crippen LogP contribution is 2.38. The number of ether oxygens (including phenoxy) is 1. The minimum absolute atomic E-state index is 0.394. The number of hydrogen-bond donors (Lipinski definition) is 1. The average Bonchev–Trinajstić information content (AvgIpc) is 2.85. The Morgan fingerprint density at radius 3 is 2.38 bits per heavy atom. The van der Waals surface area contributed by atoms with Gasteiger partial charge in [-0.2, -0.15) is 0 Å². The molecule has 0 atom stereocenters. The molecule has 1 fully saturated rings. The number of aliphatic hydroxyl groups is 1. The predicted octanol–water partition coefficient (Wildman–Crippen LogP) is 1.76. The highest BCUT2D eigenvalue weighted by Gasteiger charge is 2.39. The Kier molecular flexibility index (Phi) is 2.00. The van der Waals surface area contributed by atoms with Crippen LogP contribution >= 0.6 is 0 Å². The van der Waals surface area contributed by atoms with Gasteiger partial charge in [-0.1, -0.05) is 12.1 Å². The van der Waals surface area contributed by atoms with Crippen LogP contribution in [0.15, 0.2) is 24.3 Å². The molecule has 0 bridgehead atoms. The van der Waals surface area contributed by atoms with Gasteiger partial charge in [-0.15, -0.1) is 0 Å². The molecule has 1 saturated carbocycles. The summed E-state index contributed by atoms with van der Waals surface area (Å²) < 4.78 is 5.05. The van der Waals surface area contributed by atoms with Gasteiger partial charge in [0.25, 0.3) is 0 Å². The van der Waals surface area contributed by atoms with Gasteiger partial charge in [0.05, 0.1) is 12.7 Å². The Morgan fingerprint density at radius 2 is 1.92 bits per heavy atom. The largest absolute Gasteiger partial charge is 0.497 e. The topological polar surface area (TPSA) is 29.5 Å². The first kappa shape index (κ1) is 8.57. The van der Waals surface area contributed by atoms with Crippen molar-refractivity contribution < 1.29 is 9.84 Å². The normalized spacial score (nSPS) is 18.3. The van der Waals surface area contributed by atoms with Gasteiger partial charge in [0.2, 0.25) is 0 Å². The lowest BCUT2D eigenvalue weighted by Crippen LogP contribution is -2.10. The summed E-state index contributed by atoms with van der Waals surface area (Å²) in [6, 6.07) is 7.88. The summed E-state index contributed by atoms with van der Waals surface area (Å²) in [5, 5.41) is 9.68. The van der Waals surface area contributed by atoms with Gasteiger partial charge < -0.3 is 9.84 Å². The maximum absolute atomic E-state index is 9.68. The molecule has 0 radical (unpaired) electrons. The smallest absolute Gasteiger partial charge is 0.118 e. The molecule has 70 valence electrons. The Morgan fingerprint density at radius 1 is 1.31 bits per heavy atom. The van der Waals surface area contributed by atoms with Crippen LogP contribution in [0, 0.1) is 0 Å². The fourth-order valence-electron chi connectivity index (χ4n) is 1.44. The lowest BCUT2D eigenvalue weighted by Gasteiger charge is -2.07. The monoisotopic (exact) mass is 178 g/mol. The van der Waals surface area contributed by atoms with Crippen molar-refractivity contribution >= 4 is 0 Å². The third kappa shape index (κ3) is 2.01. The molecule has 0 amide bonds. The first-order valence-electron chi connectivity index (χ1n) is 4.57. The summed E-state index contributed by atoms with van der Waals surface area (Å²) in [6.45, 7) is 0. The Hall–Kier alpha value is -1.02. The molecule has 1 aromatic rings. The highest BCUT2D eigenvalue weighted by molar-refractivity contribution is 5.28.